The maximum atomic E-state index is 3.30. The minimum Gasteiger partial charge on any atom is -1.00 e. The molecule has 2 aliphatic carbocycles. The maximum Gasteiger partial charge on any atom is 2.00 e. The van der Waals surface area contributed by atoms with Gasteiger partial charge in [-0.3, -0.25) is 0 Å². The van der Waals surface area contributed by atoms with Gasteiger partial charge in [0.1, 0.15) is 0 Å². The first-order valence-electron chi connectivity index (χ1n) is 27.6. The largest absolute Gasteiger partial charge is 2.00 e. The van der Waals surface area contributed by atoms with E-state index in [1.807, 2.05) is 12.1 Å². The topological polar surface area (TPSA) is 0 Å². The van der Waals surface area contributed by atoms with Crippen molar-refractivity contribution in [3.8, 4) is 22.3 Å². The molecule has 0 fully saturated rings. The van der Waals surface area contributed by atoms with E-state index in [4.69, 9.17) is 0 Å². The van der Waals surface area contributed by atoms with Crippen LogP contribution in [0.1, 0.15) is 153 Å². The van der Waals surface area contributed by atoms with Gasteiger partial charge in [0.15, 0.2) is 0 Å². The van der Waals surface area contributed by atoms with Crippen LogP contribution in [-0.4, -0.2) is 24.6 Å². The van der Waals surface area contributed by atoms with E-state index in [-0.39, 0.29) is 84.1 Å². The van der Waals surface area contributed by atoms with E-state index in [9.17, 15) is 0 Å². The maximum absolute atomic E-state index is 3.30. The average molecular weight is 1130 g/mol. The Kier molecular flexibility index (Phi) is 33.1. The van der Waals surface area contributed by atoms with Crippen LogP contribution in [0.15, 0.2) is 158 Å². The van der Waals surface area contributed by atoms with Crippen molar-refractivity contribution < 1.29 is 68.2 Å². The van der Waals surface area contributed by atoms with Gasteiger partial charge in [0.25, 0.3) is 0 Å². The Morgan fingerprint density at radius 2 is 0.703 bits per heavy atom. The molecule has 0 atom stereocenters. The van der Waals surface area contributed by atoms with Gasteiger partial charge in [-0.15, -0.1) is 91.8 Å². The van der Waals surface area contributed by atoms with Gasteiger partial charge in [-0.25, -0.2) is 0 Å². The number of halogens is 2. The summed E-state index contributed by atoms with van der Waals surface area (Å²) in [5, 5.41) is 9.06. The van der Waals surface area contributed by atoms with Crippen LogP contribution >= 0.6 is 15.8 Å². The zero-order valence-electron chi connectivity index (χ0n) is 45.2. The summed E-state index contributed by atoms with van der Waals surface area (Å²) < 4.78 is 0. The Balaban J connectivity index is 0.000000262. The molecule has 0 nitrogen and oxygen atoms in total. The Hall–Kier alpha value is -2.59. The number of benzene rings is 6. The van der Waals surface area contributed by atoms with E-state index >= 15 is 0 Å². The van der Waals surface area contributed by atoms with Gasteiger partial charge < -0.3 is 24.8 Å². The molecule has 0 aliphatic heterocycles. The molecule has 0 spiro atoms. The van der Waals surface area contributed by atoms with Crippen LogP contribution < -0.4 is 35.4 Å². The third kappa shape index (κ3) is 20.0. The molecule has 0 aromatic heterocycles. The first-order valence-corrected chi connectivity index (χ1v) is 31.0. The standard InChI is InChI=1S/2C21H32P.2C13H9.2ClH.2Ti/c2*1-3-5-7-11-15-22(16-12-8-6-4-2)21-17-19-13-9-10-14-20(19)18-21;2*1-3-7-12-10(5-1)9-11-6-2-4-8-13(11)12;;;;/h2*9-10,13-14,17-18H,3-8,11-12,15-16H2,1-2H3;2*1-5,7-8H,9H2;2*1H;;/q4*-1;;;2*+2/p-2. The van der Waals surface area contributed by atoms with Gasteiger partial charge in [0.2, 0.25) is 0 Å². The van der Waals surface area contributed by atoms with Crippen molar-refractivity contribution in [3.05, 3.63) is 192 Å². The predicted molar refractivity (Wildman–Crippen MR) is 315 cm³/mol. The van der Waals surface area contributed by atoms with E-state index in [0.717, 1.165) is 12.8 Å². The fraction of sp³-hybridized carbons (Fsp3) is 0.382. The van der Waals surface area contributed by atoms with Gasteiger partial charge in [0.05, 0.1) is 0 Å². The molecule has 0 amide bonds. The summed E-state index contributed by atoms with van der Waals surface area (Å²) in [7, 11) is 0.128. The molecule has 8 aromatic carbocycles. The summed E-state index contributed by atoms with van der Waals surface area (Å²) in [5.41, 5.74) is 11.0. The van der Waals surface area contributed by atoms with Crippen molar-refractivity contribution in [3.63, 3.8) is 0 Å². The van der Waals surface area contributed by atoms with Gasteiger partial charge in [-0.1, -0.05) is 204 Å². The Morgan fingerprint density at radius 3 is 1.05 bits per heavy atom. The summed E-state index contributed by atoms with van der Waals surface area (Å²) in [5.74, 6) is 0. The summed E-state index contributed by atoms with van der Waals surface area (Å²) in [6.07, 6.45) is 30.2. The van der Waals surface area contributed by atoms with Crippen molar-refractivity contribution in [1.82, 2.24) is 0 Å². The second-order valence-electron chi connectivity index (χ2n) is 19.7. The van der Waals surface area contributed by atoms with E-state index < -0.39 is 0 Å². The second-order valence-corrected chi connectivity index (χ2v) is 24.7. The van der Waals surface area contributed by atoms with Crippen molar-refractivity contribution in [1.29, 1.82) is 0 Å². The van der Waals surface area contributed by atoms with Gasteiger partial charge in [-0.05, 0) is 63.2 Å². The Bertz CT molecular complexity index is 2370. The van der Waals surface area contributed by atoms with Crippen molar-refractivity contribution in [2.75, 3.05) is 24.6 Å². The monoisotopic (exact) mass is 1130 g/mol. The van der Waals surface area contributed by atoms with E-state index in [0.29, 0.717) is 0 Å². The quantitative estimate of drug-likeness (QED) is 0.0275. The van der Waals surface area contributed by atoms with Crippen LogP contribution in [0.3, 0.4) is 0 Å². The molecule has 0 unspecified atom stereocenters. The van der Waals surface area contributed by atoms with Crippen LogP contribution in [0.4, 0.5) is 0 Å². The first-order chi connectivity index (χ1) is 34.6. The Labute approximate surface area is 494 Å². The third-order valence-electron chi connectivity index (χ3n) is 14.3. The predicted octanol–water partition coefficient (Wildman–Crippen LogP) is 13.8. The minimum atomic E-state index is 0. The number of hydrogen-bond acceptors (Lipinski definition) is 0. The average Bonchev–Trinajstić information content (AvgIpc) is 4.21. The zero-order valence-corrected chi connectivity index (χ0v) is 51.6. The molecule has 0 bridgehead atoms. The molecule has 0 saturated carbocycles. The van der Waals surface area contributed by atoms with Crippen molar-refractivity contribution in [2.24, 2.45) is 0 Å². The molecule has 0 saturated heterocycles. The molecule has 2 aliphatic rings. The second kappa shape index (κ2) is 37.3. The summed E-state index contributed by atoms with van der Waals surface area (Å²) in [6, 6.07) is 63.8. The van der Waals surface area contributed by atoms with E-state index in [1.165, 1.54) is 193 Å². The fourth-order valence-electron chi connectivity index (χ4n) is 10.3. The summed E-state index contributed by atoms with van der Waals surface area (Å²) in [6.45, 7) is 9.21. The van der Waals surface area contributed by atoms with E-state index in [1.54, 1.807) is 10.6 Å². The van der Waals surface area contributed by atoms with Crippen LogP contribution in [0, 0.1) is 12.1 Å². The molecule has 388 valence electrons. The van der Waals surface area contributed by atoms with Crippen LogP contribution in [0.2, 0.25) is 0 Å². The normalized spacial score (nSPS) is 11.2. The smallest absolute Gasteiger partial charge is 1.00 e. The number of fused-ring (bicyclic) bond motifs is 8. The summed E-state index contributed by atoms with van der Waals surface area (Å²) >= 11 is 0. The first kappa shape index (κ1) is 65.7. The molecule has 0 N–H and O–H groups in total. The van der Waals surface area contributed by atoms with Crippen LogP contribution in [0.25, 0.3) is 43.8 Å². The SMILES string of the molecule is CCCCCCP(CCCCCC)c1cc2ccccc2[cH-]1.CCCCCCP(CCCCCC)c1cc2ccccc2[cH-]1.[Cl-].[Cl-].[Ti+2].[Ti+2].[c-]1cccc2c1Cc1ccccc1-2.[c-]1cccc2c1Cc1ccccc1-2. The van der Waals surface area contributed by atoms with Gasteiger partial charge >= 0.3 is 43.4 Å². The number of unbranched alkanes of at least 4 members (excludes halogenated alkanes) is 12. The van der Waals surface area contributed by atoms with E-state index in [2.05, 4.69) is 185 Å². The molecule has 0 heterocycles. The Morgan fingerprint density at radius 1 is 0.378 bits per heavy atom. The van der Waals surface area contributed by atoms with Crippen LogP contribution in [0.5, 0.6) is 0 Å². The molecule has 8 aromatic rings. The minimum absolute atomic E-state index is 0. The third-order valence-corrected chi connectivity index (χ3v) is 19.7. The number of rotatable bonds is 22. The molecule has 0 radical (unpaired) electrons. The van der Waals surface area contributed by atoms with Crippen molar-refractivity contribution >= 4 is 48.0 Å². The molecule has 10 rings (SSSR count). The van der Waals surface area contributed by atoms with Crippen molar-refractivity contribution in [2.45, 2.75) is 143 Å². The van der Waals surface area contributed by atoms with Crippen LogP contribution in [-0.2, 0) is 56.3 Å². The van der Waals surface area contributed by atoms with Gasteiger partial charge in [-0.2, -0.15) is 71.8 Å². The fourth-order valence-corrected chi connectivity index (χ4v) is 15.5. The molecule has 74 heavy (non-hydrogen) atoms. The zero-order chi connectivity index (χ0) is 48.6. The summed E-state index contributed by atoms with van der Waals surface area (Å²) in [4.78, 5) is 0. The molecular weight excluding hydrogens is 1050 g/mol. The van der Waals surface area contributed by atoms with Gasteiger partial charge in [0, 0.05) is 0 Å². The molecular formula is C68H82Cl2P2Ti2-2. The number of hydrogen-bond donors (Lipinski definition) is 0. The molecule has 6 heteroatoms.